The van der Waals surface area contributed by atoms with Crippen LogP contribution < -0.4 is 10.1 Å². The van der Waals surface area contributed by atoms with Gasteiger partial charge in [-0.15, -0.1) is 11.3 Å². The summed E-state index contributed by atoms with van der Waals surface area (Å²) in [5.74, 6) is 0.639. The predicted octanol–water partition coefficient (Wildman–Crippen LogP) is 5.06. The van der Waals surface area contributed by atoms with Crippen LogP contribution in [0, 0.1) is 6.92 Å². The largest absolute Gasteiger partial charge is 0.492 e. The summed E-state index contributed by atoms with van der Waals surface area (Å²) in [6.07, 6.45) is 4.05. The Morgan fingerprint density at radius 3 is 2.84 bits per heavy atom. The van der Waals surface area contributed by atoms with Crippen molar-refractivity contribution in [3.63, 3.8) is 0 Å². The summed E-state index contributed by atoms with van der Waals surface area (Å²) in [6, 6.07) is 5.09. The lowest BCUT2D eigenvalue weighted by Gasteiger charge is -2.08. The first-order valence-corrected chi connectivity index (χ1v) is 9.93. The Kier molecular flexibility index (Phi) is 8.52. The van der Waals surface area contributed by atoms with Gasteiger partial charge in [-0.1, -0.05) is 23.2 Å². The molecule has 0 aliphatic heterocycles. The first kappa shape index (κ1) is 20.0. The number of aryl methyl sites for hydroxylation is 2. The van der Waals surface area contributed by atoms with Crippen LogP contribution >= 0.6 is 34.5 Å². The molecule has 2 rings (SSSR count). The Bertz CT molecular complexity index is 691. The second-order valence-electron chi connectivity index (χ2n) is 5.72. The molecule has 1 aromatic heterocycles. The number of rotatable bonds is 10. The number of nitrogens with one attached hydrogen (secondary N) is 1. The maximum absolute atomic E-state index is 11.8. The molecule has 7 heteroatoms. The van der Waals surface area contributed by atoms with Crippen molar-refractivity contribution in [1.82, 2.24) is 10.3 Å². The van der Waals surface area contributed by atoms with Gasteiger partial charge in [0.25, 0.3) is 0 Å². The van der Waals surface area contributed by atoms with Gasteiger partial charge < -0.3 is 10.1 Å². The van der Waals surface area contributed by atoms with E-state index in [9.17, 15) is 4.79 Å². The van der Waals surface area contributed by atoms with Crippen LogP contribution in [0.3, 0.4) is 0 Å². The van der Waals surface area contributed by atoms with E-state index in [0.29, 0.717) is 41.8 Å². The number of hydrogen-bond acceptors (Lipinski definition) is 4. The SMILES string of the molecule is Cc1csc(CCCCNC(=O)CCCOc2ccc(Cl)cc2Cl)n1. The van der Waals surface area contributed by atoms with E-state index in [2.05, 4.69) is 15.7 Å². The molecule has 136 valence electrons. The van der Waals surface area contributed by atoms with Gasteiger partial charge >= 0.3 is 0 Å². The molecule has 1 heterocycles. The second kappa shape index (κ2) is 10.6. The monoisotopic (exact) mass is 400 g/mol. The summed E-state index contributed by atoms with van der Waals surface area (Å²) in [5, 5.41) is 7.22. The van der Waals surface area contributed by atoms with Gasteiger partial charge in [0, 0.05) is 29.1 Å². The number of aromatic nitrogens is 1. The molecule has 0 bridgehead atoms. The summed E-state index contributed by atoms with van der Waals surface area (Å²) in [4.78, 5) is 16.2. The van der Waals surface area contributed by atoms with Crippen molar-refractivity contribution in [2.24, 2.45) is 0 Å². The Labute approximate surface area is 162 Å². The van der Waals surface area contributed by atoms with Gasteiger partial charge in [0.1, 0.15) is 5.75 Å². The molecule has 0 radical (unpaired) electrons. The zero-order valence-electron chi connectivity index (χ0n) is 14.2. The van der Waals surface area contributed by atoms with Crippen molar-refractivity contribution in [3.8, 4) is 5.75 Å². The molecule has 25 heavy (non-hydrogen) atoms. The molecule has 2 aromatic rings. The fraction of sp³-hybridized carbons (Fsp3) is 0.444. The smallest absolute Gasteiger partial charge is 0.220 e. The molecule has 1 N–H and O–H groups in total. The van der Waals surface area contributed by atoms with Crippen molar-refractivity contribution >= 4 is 40.4 Å². The number of benzene rings is 1. The highest BCUT2D eigenvalue weighted by Gasteiger charge is 2.04. The number of amides is 1. The Hall–Kier alpha value is -1.30. The van der Waals surface area contributed by atoms with Crippen molar-refractivity contribution in [2.75, 3.05) is 13.2 Å². The normalized spacial score (nSPS) is 10.7. The van der Waals surface area contributed by atoms with Gasteiger partial charge in [-0.05, 0) is 50.8 Å². The molecule has 1 aromatic carbocycles. The summed E-state index contributed by atoms with van der Waals surface area (Å²) in [5.41, 5.74) is 1.08. The third kappa shape index (κ3) is 7.63. The van der Waals surface area contributed by atoms with Crippen molar-refractivity contribution in [2.45, 2.75) is 39.0 Å². The molecular formula is C18H22Cl2N2O2S. The quantitative estimate of drug-likeness (QED) is 0.567. The molecule has 0 saturated carbocycles. The number of hydrogen-bond donors (Lipinski definition) is 1. The molecule has 1 amide bonds. The third-order valence-electron chi connectivity index (χ3n) is 3.51. The fourth-order valence-corrected chi connectivity index (χ4v) is 3.52. The van der Waals surface area contributed by atoms with E-state index in [1.54, 1.807) is 29.5 Å². The van der Waals surface area contributed by atoms with Crippen molar-refractivity contribution in [3.05, 3.63) is 44.3 Å². The lowest BCUT2D eigenvalue weighted by atomic mass is 10.2. The average Bonchev–Trinajstić information content (AvgIpc) is 2.98. The summed E-state index contributed by atoms with van der Waals surface area (Å²) in [6.45, 7) is 3.15. The highest BCUT2D eigenvalue weighted by Crippen LogP contribution is 2.27. The van der Waals surface area contributed by atoms with Crippen LogP contribution in [0.15, 0.2) is 23.6 Å². The van der Waals surface area contributed by atoms with E-state index >= 15 is 0 Å². The molecule has 0 unspecified atom stereocenters. The van der Waals surface area contributed by atoms with E-state index in [1.807, 2.05) is 6.92 Å². The standard InChI is InChI=1S/C18H22Cl2N2O2S/c1-13-12-25-18(22-13)6-2-3-9-21-17(23)5-4-10-24-16-8-7-14(19)11-15(16)20/h7-8,11-12H,2-6,9-10H2,1H3,(H,21,23). The first-order chi connectivity index (χ1) is 12.0. The zero-order valence-corrected chi connectivity index (χ0v) is 16.5. The minimum Gasteiger partial charge on any atom is -0.492 e. The van der Waals surface area contributed by atoms with Crippen LogP contribution in [-0.2, 0) is 11.2 Å². The lowest BCUT2D eigenvalue weighted by Crippen LogP contribution is -2.24. The van der Waals surface area contributed by atoms with Crippen LogP contribution in [0.5, 0.6) is 5.75 Å². The van der Waals surface area contributed by atoms with Crippen LogP contribution in [0.2, 0.25) is 10.0 Å². The molecule has 0 aliphatic rings. The highest BCUT2D eigenvalue weighted by molar-refractivity contribution is 7.09. The number of ether oxygens (including phenoxy) is 1. The number of nitrogens with zero attached hydrogens (tertiary/aromatic N) is 1. The van der Waals surface area contributed by atoms with Gasteiger partial charge in [-0.2, -0.15) is 0 Å². The first-order valence-electron chi connectivity index (χ1n) is 8.30. The highest BCUT2D eigenvalue weighted by atomic mass is 35.5. The van der Waals surface area contributed by atoms with E-state index < -0.39 is 0 Å². The molecule has 0 atom stereocenters. The summed E-state index contributed by atoms with van der Waals surface area (Å²) < 4.78 is 5.56. The van der Waals surface area contributed by atoms with E-state index in [-0.39, 0.29) is 5.91 Å². The predicted molar refractivity (Wildman–Crippen MR) is 104 cm³/mol. The van der Waals surface area contributed by atoms with Crippen LogP contribution in [0.25, 0.3) is 0 Å². The maximum Gasteiger partial charge on any atom is 0.220 e. The maximum atomic E-state index is 11.8. The Morgan fingerprint density at radius 1 is 1.28 bits per heavy atom. The third-order valence-corrected chi connectivity index (χ3v) is 5.06. The van der Waals surface area contributed by atoms with E-state index in [4.69, 9.17) is 27.9 Å². The van der Waals surface area contributed by atoms with Crippen LogP contribution in [0.4, 0.5) is 0 Å². The van der Waals surface area contributed by atoms with E-state index in [1.165, 1.54) is 5.01 Å². The average molecular weight is 401 g/mol. The van der Waals surface area contributed by atoms with E-state index in [0.717, 1.165) is 25.0 Å². The molecule has 4 nitrogen and oxygen atoms in total. The lowest BCUT2D eigenvalue weighted by molar-refractivity contribution is -0.121. The number of carbonyl (C=O) groups is 1. The van der Waals surface area contributed by atoms with Gasteiger partial charge in [0.2, 0.25) is 5.91 Å². The van der Waals surface area contributed by atoms with Crippen LogP contribution in [-0.4, -0.2) is 24.0 Å². The minimum absolute atomic E-state index is 0.0518. The topological polar surface area (TPSA) is 51.2 Å². The number of thiazole rings is 1. The van der Waals surface area contributed by atoms with Gasteiger partial charge in [0.15, 0.2) is 0 Å². The summed E-state index contributed by atoms with van der Waals surface area (Å²) in [7, 11) is 0. The molecule has 0 saturated heterocycles. The number of halogens is 2. The zero-order chi connectivity index (χ0) is 18.1. The van der Waals surface area contributed by atoms with Gasteiger partial charge in [-0.25, -0.2) is 4.98 Å². The number of unbranched alkanes of at least 4 members (excludes halogenated alkanes) is 1. The van der Waals surface area contributed by atoms with Crippen LogP contribution in [0.1, 0.15) is 36.4 Å². The number of carbonyl (C=O) groups excluding carboxylic acids is 1. The Morgan fingerprint density at radius 2 is 2.12 bits per heavy atom. The van der Waals surface area contributed by atoms with Gasteiger partial charge in [-0.3, -0.25) is 4.79 Å². The summed E-state index contributed by atoms with van der Waals surface area (Å²) >= 11 is 13.6. The van der Waals surface area contributed by atoms with Crippen molar-refractivity contribution < 1.29 is 9.53 Å². The second-order valence-corrected chi connectivity index (χ2v) is 7.50. The van der Waals surface area contributed by atoms with Crippen molar-refractivity contribution in [1.29, 1.82) is 0 Å². The molecule has 0 aliphatic carbocycles. The minimum atomic E-state index is 0.0518. The van der Waals surface area contributed by atoms with Gasteiger partial charge in [0.05, 0.1) is 16.6 Å². The molecule has 0 spiro atoms. The fourth-order valence-electron chi connectivity index (χ4n) is 2.24. The molecular weight excluding hydrogens is 379 g/mol. The molecule has 0 fully saturated rings. The Balaban J connectivity index is 1.50.